The Hall–Kier alpha value is -2.23. The summed E-state index contributed by atoms with van der Waals surface area (Å²) in [6.45, 7) is 3.99. The van der Waals surface area contributed by atoms with Gasteiger partial charge in [-0.05, 0) is 55.0 Å². The number of hydrogen-bond acceptors (Lipinski definition) is 2. The Morgan fingerprint density at radius 2 is 1.76 bits per heavy atom. The zero-order valence-electron chi connectivity index (χ0n) is 14.1. The van der Waals surface area contributed by atoms with Gasteiger partial charge in [0, 0.05) is 41.9 Å². The number of hydrogen-bond donors (Lipinski definition) is 0. The first kappa shape index (κ1) is 16.2. The first-order valence-electron chi connectivity index (χ1n) is 8.67. The van der Waals surface area contributed by atoms with E-state index < -0.39 is 0 Å². The van der Waals surface area contributed by atoms with Gasteiger partial charge < -0.3 is 9.30 Å². The van der Waals surface area contributed by atoms with Gasteiger partial charge in [0.2, 0.25) is 0 Å². The van der Waals surface area contributed by atoms with Gasteiger partial charge in [-0.25, -0.2) is 0 Å². The van der Waals surface area contributed by atoms with Crippen molar-refractivity contribution in [3.63, 3.8) is 0 Å². The van der Waals surface area contributed by atoms with Crippen molar-refractivity contribution in [1.29, 1.82) is 0 Å². The molecular weight excluding hydrogens is 332 g/mol. The van der Waals surface area contributed by atoms with Crippen molar-refractivity contribution >= 4 is 22.5 Å². The van der Waals surface area contributed by atoms with Crippen LogP contribution in [0.25, 0.3) is 16.6 Å². The summed E-state index contributed by atoms with van der Waals surface area (Å²) >= 11 is 6.06. The van der Waals surface area contributed by atoms with E-state index in [0.717, 1.165) is 60.0 Å². The lowest BCUT2D eigenvalue weighted by atomic mass is 10.2. The first-order valence-corrected chi connectivity index (χ1v) is 9.05. The van der Waals surface area contributed by atoms with Gasteiger partial charge in [0.25, 0.3) is 0 Å². The minimum Gasteiger partial charge on any atom is -0.494 e. The van der Waals surface area contributed by atoms with Gasteiger partial charge in [0.1, 0.15) is 5.75 Å². The van der Waals surface area contributed by atoms with Gasteiger partial charge in [-0.15, -0.1) is 0 Å². The van der Waals surface area contributed by atoms with Crippen LogP contribution < -0.4 is 4.74 Å². The van der Waals surface area contributed by atoms with E-state index in [0.29, 0.717) is 0 Å². The molecule has 0 N–H and O–H groups in total. The Morgan fingerprint density at radius 1 is 0.960 bits per heavy atom. The van der Waals surface area contributed by atoms with E-state index in [9.17, 15) is 0 Å². The zero-order valence-corrected chi connectivity index (χ0v) is 14.8. The number of halogens is 1. The number of fused-ring (bicyclic) bond motifs is 1. The van der Waals surface area contributed by atoms with E-state index in [4.69, 9.17) is 16.3 Å². The summed E-state index contributed by atoms with van der Waals surface area (Å²) in [6.07, 6.45) is 7.56. The molecule has 1 aromatic heterocycles. The topological polar surface area (TPSA) is 17.4 Å². The molecule has 0 unspecified atom stereocenters. The predicted molar refractivity (Wildman–Crippen MR) is 104 cm³/mol. The van der Waals surface area contributed by atoms with Crippen LogP contribution in [0.3, 0.4) is 0 Å². The summed E-state index contributed by atoms with van der Waals surface area (Å²) in [5, 5.41) is 1.91. The fourth-order valence-corrected chi connectivity index (χ4v) is 3.40. The van der Waals surface area contributed by atoms with E-state index in [2.05, 4.69) is 52.1 Å². The smallest absolute Gasteiger partial charge is 0.119 e. The maximum atomic E-state index is 6.06. The minimum atomic E-state index is 0.751. The van der Waals surface area contributed by atoms with Gasteiger partial charge in [0.05, 0.1) is 12.1 Å². The molecular formula is C21H21ClN2O. The molecule has 3 aromatic rings. The molecule has 0 radical (unpaired) electrons. The lowest BCUT2D eigenvalue weighted by molar-refractivity contribution is 0.268. The largest absolute Gasteiger partial charge is 0.494 e. The number of benzene rings is 2. The van der Waals surface area contributed by atoms with Crippen molar-refractivity contribution in [2.24, 2.45) is 0 Å². The van der Waals surface area contributed by atoms with Crippen molar-refractivity contribution in [2.45, 2.75) is 6.42 Å². The van der Waals surface area contributed by atoms with Crippen LogP contribution in [0.1, 0.15) is 6.42 Å². The molecule has 4 rings (SSSR count). The van der Waals surface area contributed by atoms with E-state index in [-0.39, 0.29) is 0 Å². The van der Waals surface area contributed by atoms with Crippen LogP contribution in [-0.2, 0) is 0 Å². The van der Waals surface area contributed by atoms with Gasteiger partial charge in [-0.3, -0.25) is 4.90 Å². The molecule has 0 aliphatic carbocycles. The van der Waals surface area contributed by atoms with Crippen molar-refractivity contribution in [2.75, 3.05) is 26.2 Å². The molecule has 0 amide bonds. The highest BCUT2D eigenvalue weighted by Gasteiger charge is 2.06. The highest BCUT2D eigenvalue weighted by Crippen LogP contribution is 2.24. The third-order valence-corrected chi connectivity index (χ3v) is 4.78. The van der Waals surface area contributed by atoms with Gasteiger partial charge >= 0.3 is 0 Å². The quantitative estimate of drug-likeness (QED) is 0.462. The summed E-state index contributed by atoms with van der Waals surface area (Å²) in [4.78, 5) is 2.41. The van der Waals surface area contributed by atoms with Crippen LogP contribution in [0.4, 0.5) is 0 Å². The predicted octanol–water partition coefficient (Wildman–Crippen LogP) is 4.92. The summed E-state index contributed by atoms with van der Waals surface area (Å²) in [5.41, 5.74) is 2.27. The monoisotopic (exact) mass is 352 g/mol. The lowest BCUT2D eigenvalue weighted by Gasteiger charge is -2.14. The second-order valence-electron chi connectivity index (χ2n) is 6.32. The van der Waals surface area contributed by atoms with Crippen molar-refractivity contribution in [1.82, 2.24) is 9.47 Å². The van der Waals surface area contributed by atoms with Crippen LogP contribution in [0.15, 0.2) is 66.9 Å². The number of rotatable bonds is 6. The van der Waals surface area contributed by atoms with Gasteiger partial charge in [-0.2, -0.15) is 0 Å². The molecule has 0 bridgehead atoms. The van der Waals surface area contributed by atoms with Crippen LogP contribution >= 0.6 is 11.6 Å². The molecule has 0 atom stereocenters. The average molecular weight is 353 g/mol. The third-order valence-electron chi connectivity index (χ3n) is 4.55. The Kier molecular flexibility index (Phi) is 4.77. The van der Waals surface area contributed by atoms with E-state index in [1.54, 1.807) is 0 Å². The highest BCUT2D eigenvalue weighted by molar-refractivity contribution is 6.31. The fourth-order valence-electron chi connectivity index (χ4n) is 3.22. The summed E-state index contributed by atoms with van der Waals surface area (Å²) in [5.74, 6) is 0.919. The average Bonchev–Trinajstić information content (AvgIpc) is 3.28. The third kappa shape index (κ3) is 3.73. The standard InChI is InChI=1S/C21H21ClN2O/c22-18-4-9-21-17(16-18)10-14-24(21)19-5-7-20(8-6-19)25-15-3-13-23-11-1-2-12-23/h1-2,4-10,14,16H,3,11-13,15H2. The number of aromatic nitrogens is 1. The molecule has 0 fully saturated rings. The Balaban J connectivity index is 1.37. The Labute approximate surface area is 153 Å². The zero-order chi connectivity index (χ0) is 17.1. The molecule has 2 heterocycles. The normalized spacial score (nSPS) is 14.4. The highest BCUT2D eigenvalue weighted by atomic mass is 35.5. The maximum Gasteiger partial charge on any atom is 0.119 e. The molecule has 2 aromatic carbocycles. The lowest BCUT2D eigenvalue weighted by Crippen LogP contribution is -2.22. The van der Waals surface area contributed by atoms with Crippen LogP contribution in [-0.4, -0.2) is 35.7 Å². The van der Waals surface area contributed by atoms with Crippen molar-refractivity contribution in [3.05, 3.63) is 71.9 Å². The summed E-state index contributed by atoms with van der Waals surface area (Å²) in [7, 11) is 0. The molecule has 0 saturated heterocycles. The fraction of sp³-hybridized carbons (Fsp3) is 0.238. The Morgan fingerprint density at radius 3 is 2.56 bits per heavy atom. The second kappa shape index (κ2) is 7.34. The Bertz CT molecular complexity index is 875. The SMILES string of the molecule is Clc1ccc2c(ccn2-c2ccc(OCCCN3CC=CC3)cc2)c1. The van der Waals surface area contributed by atoms with Crippen molar-refractivity contribution in [3.8, 4) is 11.4 Å². The molecule has 25 heavy (non-hydrogen) atoms. The van der Waals surface area contributed by atoms with E-state index >= 15 is 0 Å². The molecule has 0 spiro atoms. The van der Waals surface area contributed by atoms with Crippen LogP contribution in [0, 0.1) is 0 Å². The van der Waals surface area contributed by atoms with Crippen molar-refractivity contribution < 1.29 is 4.74 Å². The van der Waals surface area contributed by atoms with Crippen LogP contribution in [0.5, 0.6) is 5.75 Å². The summed E-state index contributed by atoms with van der Waals surface area (Å²) in [6, 6.07) is 16.3. The number of ether oxygens (including phenoxy) is 1. The molecule has 3 nitrogen and oxygen atoms in total. The molecule has 1 aliphatic heterocycles. The first-order chi connectivity index (χ1) is 12.3. The van der Waals surface area contributed by atoms with E-state index in [1.165, 1.54) is 0 Å². The minimum absolute atomic E-state index is 0.751. The second-order valence-corrected chi connectivity index (χ2v) is 6.75. The number of nitrogens with zero attached hydrogens (tertiary/aromatic N) is 2. The van der Waals surface area contributed by atoms with Gasteiger partial charge in [-0.1, -0.05) is 23.8 Å². The summed E-state index contributed by atoms with van der Waals surface area (Å²) < 4.78 is 8.03. The molecule has 4 heteroatoms. The van der Waals surface area contributed by atoms with Gasteiger partial charge in [0.15, 0.2) is 0 Å². The molecule has 128 valence electrons. The maximum absolute atomic E-state index is 6.06. The van der Waals surface area contributed by atoms with E-state index in [1.807, 2.05) is 24.3 Å². The molecule has 0 saturated carbocycles. The van der Waals surface area contributed by atoms with Crippen LogP contribution in [0.2, 0.25) is 5.02 Å². The molecule has 1 aliphatic rings.